The van der Waals surface area contributed by atoms with Gasteiger partial charge in [-0.05, 0) is 37.8 Å². The summed E-state index contributed by atoms with van der Waals surface area (Å²) in [5.41, 5.74) is 0.106. The summed E-state index contributed by atoms with van der Waals surface area (Å²) in [6, 6.07) is 3.51. The van der Waals surface area contributed by atoms with Gasteiger partial charge in [0.2, 0.25) is 0 Å². The molecule has 1 saturated carbocycles. The van der Waals surface area contributed by atoms with Crippen molar-refractivity contribution in [3.8, 4) is 0 Å². The summed E-state index contributed by atoms with van der Waals surface area (Å²) in [6.07, 6.45) is 4.28. The monoisotopic (exact) mass is 391 g/mol. The van der Waals surface area contributed by atoms with Crippen molar-refractivity contribution in [1.82, 2.24) is 20.2 Å². The molecule has 0 unspecified atom stereocenters. The van der Waals surface area contributed by atoms with E-state index in [4.69, 9.17) is 4.74 Å². The van der Waals surface area contributed by atoms with Crippen LogP contribution in [0.2, 0.25) is 0 Å². The zero-order valence-corrected chi connectivity index (χ0v) is 15.0. The average Bonchev–Trinajstić information content (AvgIpc) is 3.17. The predicted octanol–water partition coefficient (Wildman–Crippen LogP) is 4.08. The summed E-state index contributed by atoms with van der Waals surface area (Å²) < 4.78 is 47.1. The molecule has 9 heteroatoms. The molecule has 1 atom stereocenters. The standard InChI is InChI=1S/C19H20F3N5O/c20-14-2-1-3-15(21)17(14)16(22)9-28-12-6-4-11(5-7-12)26-18-13-8-25-27-19(13)24-10-23-18/h1-3,8,10-12,16H,4-7,9H2,(H2,23,24,25,26,27)/t11-,12-,16-/m1/s1. The van der Waals surface area contributed by atoms with Gasteiger partial charge in [0.15, 0.2) is 11.8 Å². The van der Waals surface area contributed by atoms with E-state index in [0.717, 1.165) is 49.0 Å². The number of fused-ring (bicyclic) bond motifs is 1. The fraction of sp³-hybridized carbons (Fsp3) is 0.421. The molecule has 1 aliphatic carbocycles. The number of rotatable bonds is 6. The second-order valence-electron chi connectivity index (χ2n) is 6.91. The van der Waals surface area contributed by atoms with Gasteiger partial charge < -0.3 is 10.1 Å². The van der Waals surface area contributed by atoms with E-state index >= 15 is 0 Å². The molecule has 2 heterocycles. The molecule has 1 aliphatic rings. The maximum Gasteiger partial charge on any atom is 0.160 e. The molecule has 148 valence electrons. The number of nitrogens with one attached hydrogen (secondary N) is 2. The number of ether oxygens (including phenoxy) is 1. The predicted molar refractivity (Wildman–Crippen MR) is 97.5 cm³/mol. The maximum absolute atomic E-state index is 14.3. The highest BCUT2D eigenvalue weighted by atomic mass is 19.2. The van der Waals surface area contributed by atoms with Crippen LogP contribution in [0.5, 0.6) is 0 Å². The SMILES string of the molecule is Fc1cccc(F)c1[C@H](F)CO[C@H]1CC[C@H](Nc2ncnc3[nH]ncc23)CC1. The minimum Gasteiger partial charge on any atom is -0.375 e. The lowest BCUT2D eigenvalue weighted by molar-refractivity contribution is -0.00386. The number of anilines is 1. The fourth-order valence-corrected chi connectivity index (χ4v) is 3.56. The summed E-state index contributed by atoms with van der Waals surface area (Å²) in [6.45, 7) is -0.359. The van der Waals surface area contributed by atoms with Crippen molar-refractivity contribution in [2.45, 2.75) is 44.0 Å². The number of aromatic amines is 1. The molecule has 6 nitrogen and oxygen atoms in total. The fourth-order valence-electron chi connectivity index (χ4n) is 3.56. The van der Waals surface area contributed by atoms with Crippen LogP contribution < -0.4 is 5.32 Å². The van der Waals surface area contributed by atoms with E-state index in [1.54, 1.807) is 6.20 Å². The molecule has 2 aromatic heterocycles. The molecule has 0 bridgehead atoms. The highest BCUT2D eigenvalue weighted by molar-refractivity contribution is 5.85. The van der Waals surface area contributed by atoms with E-state index in [-0.39, 0.29) is 18.8 Å². The third-order valence-corrected chi connectivity index (χ3v) is 5.05. The molecule has 1 fully saturated rings. The first-order valence-corrected chi connectivity index (χ1v) is 9.22. The Balaban J connectivity index is 1.28. The first-order chi connectivity index (χ1) is 13.6. The lowest BCUT2D eigenvalue weighted by Crippen LogP contribution is -2.30. The van der Waals surface area contributed by atoms with Gasteiger partial charge in [0.1, 0.15) is 23.8 Å². The number of nitrogens with zero attached hydrogens (tertiary/aromatic N) is 3. The molecule has 4 rings (SSSR count). The average molecular weight is 391 g/mol. The molecule has 3 aromatic rings. The van der Waals surface area contributed by atoms with Crippen molar-refractivity contribution in [2.75, 3.05) is 11.9 Å². The smallest absolute Gasteiger partial charge is 0.160 e. The molecule has 0 spiro atoms. The normalized spacial score (nSPS) is 21.0. The second-order valence-corrected chi connectivity index (χ2v) is 6.91. The topological polar surface area (TPSA) is 75.7 Å². The van der Waals surface area contributed by atoms with Crippen molar-refractivity contribution in [3.63, 3.8) is 0 Å². The molecule has 0 aliphatic heterocycles. The lowest BCUT2D eigenvalue weighted by Gasteiger charge is -2.30. The Morgan fingerprint density at radius 2 is 1.89 bits per heavy atom. The maximum atomic E-state index is 14.3. The highest BCUT2D eigenvalue weighted by Crippen LogP contribution is 2.29. The molecule has 0 radical (unpaired) electrons. The van der Waals surface area contributed by atoms with Crippen molar-refractivity contribution < 1.29 is 17.9 Å². The number of hydrogen-bond donors (Lipinski definition) is 2. The van der Waals surface area contributed by atoms with Crippen LogP contribution in [-0.4, -0.2) is 38.9 Å². The van der Waals surface area contributed by atoms with Crippen LogP contribution in [0.15, 0.2) is 30.7 Å². The molecule has 28 heavy (non-hydrogen) atoms. The Kier molecular flexibility index (Phi) is 5.43. The molecular weight excluding hydrogens is 371 g/mol. The summed E-state index contributed by atoms with van der Waals surface area (Å²) in [5, 5.41) is 11.0. The number of alkyl halides is 1. The Morgan fingerprint density at radius 3 is 2.64 bits per heavy atom. The molecule has 2 N–H and O–H groups in total. The zero-order valence-electron chi connectivity index (χ0n) is 15.0. The minimum absolute atomic E-state index is 0.134. The van der Waals surface area contributed by atoms with Gasteiger partial charge in [-0.3, -0.25) is 5.10 Å². The summed E-state index contributed by atoms with van der Waals surface area (Å²) >= 11 is 0. The van der Waals surface area contributed by atoms with Gasteiger partial charge >= 0.3 is 0 Å². The van der Waals surface area contributed by atoms with Crippen molar-refractivity contribution in [3.05, 3.63) is 47.9 Å². The van der Waals surface area contributed by atoms with Crippen molar-refractivity contribution >= 4 is 16.9 Å². The third-order valence-electron chi connectivity index (χ3n) is 5.05. The molecule has 0 saturated heterocycles. The summed E-state index contributed by atoms with van der Waals surface area (Å²) in [5.74, 6) is -1.05. The largest absolute Gasteiger partial charge is 0.375 e. The Hall–Kier alpha value is -2.68. The van der Waals surface area contributed by atoms with E-state index < -0.39 is 23.4 Å². The van der Waals surface area contributed by atoms with Crippen LogP contribution in [0.3, 0.4) is 0 Å². The first-order valence-electron chi connectivity index (χ1n) is 9.22. The van der Waals surface area contributed by atoms with Crippen molar-refractivity contribution in [2.24, 2.45) is 0 Å². The number of halogens is 3. The highest BCUT2D eigenvalue weighted by Gasteiger charge is 2.25. The van der Waals surface area contributed by atoms with Gasteiger partial charge in [-0.1, -0.05) is 6.07 Å². The van der Waals surface area contributed by atoms with Gasteiger partial charge in [0.25, 0.3) is 0 Å². The summed E-state index contributed by atoms with van der Waals surface area (Å²) in [7, 11) is 0. The quantitative estimate of drug-likeness (QED) is 0.662. The van der Waals surface area contributed by atoms with Gasteiger partial charge in [0.05, 0.1) is 29.9 Å². The number of H-pyrrole nitrogens is 1. The Morgan fingerprint density at radius 1 is 1.14 bits per heavy atom. The minimum atomic E-state index is -1.83. The van der Waals surface area contributed by atoms with Gasteiger partial charge in [-0.25, -0.2) is 23.1 Å². The molecular formula is C19H20F3N5O. The number of hydrogen-bond acceptors (Lipinski definition) is 5. The zero-order chi connectivity index (χ0) is 19.5. The lowest BCUT2D eigenvalue weighted by atomic mass is 9.93. The van der Waals surface area contributed by atoms with Crippen LogP contribution in [0, 0.1) is 11.6 Å². The van der Waals surface area contributed by atoms with E-state index in [1.807, 2.05) is 0 Å². The van der Waals surface area contributed by atoms with E-state index in [0.29, 0.717) is 5.65 Å². The van der Waals surface area contributed by atoms with Crippen molar-refractivity contribution in [1.29, 1.82) is 0 Å². The second kappa shape index (κ2) is 8.14. The summed E-state index contributed by atoms with van der Waals surface area (Å²) in [4.78, 5) is 8.37. The van der Waals surface area contributed by atoms with Gasteiger partial charge in [0, 0.05) is 6.04 Å². The van der Waals surface area contributed by atoms with E-state index in [2.05, 4.69) is 25.5 Å². The first kappa shape index (κ1) is 18.7. The van der Waals surface area contributed by atoms with E-state index in [9.17, 15) is 13.2 Å². The van der Waals surface area contributed by atoms with Gasteiger partial charge in [-0.2, -0.15) is 5.10 Å². The van der Waals surface area contributed by atoms with Crippen LogP contribution >= 0.6 is 0 Å². The number of aromatic nitrogens is 4. The van der Waals surface area contributed by atoms with Crippen LogP contribution in [0.1, 0.15) is 37.4 Å². The molecule has 0 amide bonds. The Bertz CT molecular complexity index is 922. The van der Waals surface area contributed by atoms with Crippen LogP contribution in [0.25, 0.3) is 11.0 Å². The molecule has 1 aromatic carbocycles. The third kappa shape index (κ3) is 3.94. The van der Waals surface area contributed by atoms with Crippen LogP contribution in [-0.2, 0) is 4.74 Å². The Labute approximate surface area is 159 Å². The number of benzene rings is 1. The van der Waals surface area contributed by atoms with Gasteiger partial charge in [-0.15, -0.1) is 0 Å². The van der Waals surface area contributed by atoms with E-state index in [1.165, 1.54) is 12.4 Å². The van der Waals surface area contributed by atoms with Crippen LogP contribution in [0.4, 0.5) is 19.0 Å².